The van der Waals surface area contributed by atoms with Gasteiger partial charge in [0.05, 0.1) is 10.5 Å². The number of hydrogen-bond acceptors (Lipinski definition) is 4. The van der Waals surface area contributed by atoms with Gasteiger partial charge in [0.25, 0.3) is 5.91 Å². The van der Waals surface area contributed by atoms with Crippen molar-refractivity contribution in [1.82, 2.24) is 9.21 Å². The van der Waals surface area contributed by atoms with E-state index in [-0.39, 0.29) is 10.8 Å². The van der Waals surface area contributed by atoms with Crippen LogP contribution in [0.2, 0.25) is 0 Å². The molecule has 0 atom stereocenters. The van der Waals surface area contributed by atoms with E-state index in [1.165, 1.54) is 29.5 Å². The van der Waals surface area contributed by atoms with Gasteiger partial charge in [0.15, 0.2) is 0 Å². The summed E-state index contributed by atoms with van der Waals surface area (Å²) in [6.45, 7) is 2.91. The van der Waals surface area contributed by atoms with E-state index in [4.69, 9.17) is 0 Å². The molecular weight excluding hydrogens is 410 g/mol. The number of hydrogen-bond donors (Lipinski definition) is 0. The molecule has 0 spiro atoms. The second-order valence-electron chi connectivity index (χ2n) is 8.26. The number of sulfonamides is 1. The molecule has 0 saturated carbocycles. The van der Waals surface area contributed by atoms with Crippen molar-refractivity contribution in [3.8, 4) is 0 Å². The molecule has 2 aliphatic heterocycles. The normalized spacial score (nSPS) is 17.2. The maximum Gasteiger partial charge on any atom is 0.256 e. The summed E-state index contributed by atoms with van der Waals surface area (Å²) in [5.41, 5.74) is 3.74. The Labute approximate surface area is 184 Å². The van der Waals surface area contributed by atoms with E-state index in [9.17, 15) is 13.2 Å². The first-order valence-corrected chi connectivity index (χ1v) is 12.2. The lowest BCUT2D eigenvalue weighted by Gasteiger charge is -2.29. The Kier molecular flexibility index (Phi) is 6.16. The van der Waals surface area contributed by atoms with Crippen molar-refractivity contribution in [1.29, 1.82) is 0 Å². The third kappa shape index (κ3) is 4.38. The number of amides is 1. The largest absolute Gasteiger partial charge is 0.371 e. The van der Waals surface area contributed by atoms with Crippen molar-refractivity contribution in [2.45, 2.75) is 24.2 Å². The van der Waals surface area contributed by atoms with Crippen molar-refractivity contribution in [3.63, 3.8) is 0 Å². The minimum Gasteiger partial charge on any atom is -0.371 e. The topological polar surface area (TPSA) is 60.9 Å². The second-order valence-corrected chi connectivity index (χ2v) is 10.4. The summed E-state index contributed by atoms with van der Waals surface area (Å²) in [6, 6.07) is 15.2. The fourth-order valence-electron chi connectivity index (χ4n) is 4.23. The fourth-order valence-corrected chi connectivity index (χ4v) is 5.16. The second kappa shape index (κ2) is 8.85. The van der Waals surface area contributed by atoms with Crippen LogP contribution in [-0.2, 0) is 10.0 Å². The van der Waals surface area contributed by atoms with Crippen LogP contribution in [0.25, 0.3) is 5.57 Å². The molecule has 7 heteroatoms. The molecule has 1 amide bonds. The minimum absolute atomic E-state index is 0.110. The minimum atomic E-state index is -3.62. The van der Waals surface area contributed by atoms with Crippen molar-refractivity contribution >= 4 is 27.2 Å². The molecule has 2 aliphatic rings. The molecule has 0 radical (unpaired) electrons. The summed E-state index contributed by atoms with van der Waals surface area (Å²) in [7, 11) is -0.605. The van der Waals surface area contributed by atoms with E-state index >= 15 is 0 Å². The van der Waals surface area contributed by atoms with Gasteiger partial charge < -0.3 is 9.80 Å². The Hall–Kier alpha value is -2.64. The maximum atomic E-state index is 13.5. The highest BCUT2D eigenvalue weighted by Gasteiger charge is 2.27. The number of rotatable bonds is 5. The molecule has 0 aliphatic carbocycles. The molecule has 2 aromatic rings. The van der Waals surface area contributed by atoms with E-state index in [1.807, 2.05) is 23.1 Å². The van der Waals surface area contributed by atoms with Gasteiger partial charge in [0.2, 0.25) is 10.0 Å². The van der Waals surface area contributed by atoms with E-state index < -0.39 is 10.0 Å². The lowest BCUT2D eigenvalue weighted by atomic mass is 9.99. The summed E-state index contributed by atoms with van der Waals surface area (Å²) in [5.74, 6) is -0.110. The summed E-state index contributed by atoms with van der Waals surface area (Å²) in [5, 5.41) is 0. The Morgan fingerprint density at radius 3 is 2.29 bits per heavy atom. The van der Waals surface area contributed by atoms with Crippen LogP contribution in [0.15, 0.2) is 59.5 Å². The molecule has 164 valence electrons. The van der Waals surface area contributed by atoms with Gasteiger partial charge in [-0.25, -0.2) is 12.7 Å². The molecule has 2 heterocycles. The number of carbonyl (C=O) groups excluding carboxylic acids is 1. The highest BCUT2D eigenvalue weighted by Crippen LogP contribution is 2.30. The van der Waals surface area contributed by atoms with Gasteiger partial charge in [0, 0.05) is 46.0 Å². The van der Waals surface area contributed by atoms with E-state index in [1.54, 1.807) is 18.2 Å². The molecule has 6 nitrogen and oxygen atoms in total. The highest BCUT2D eigenvalue weighted by molar-refractivity contribution is 7.89. The van der Waals surface area contributed by atoms with Gasteiger partial charge in [-0.15, -0.1) is 0 Å². The van der Waals surface area contributed by atoms with Gasteiger partial charge in [-0.3, -0.25) is 4.79 Å². The Morgan fingerprint density at radius 1 is 0.968 bits per heavy atom. The average Bonchev–Trinajstić information content (AvgIpc) is 3.33. The third-order valence-electron chi connectivity index (χ3n) is 6.06. The first kappa shape index (κ1) is 21.6. The molecular formula is C24H29N3O3S. The van der Waals surface area contributed by atoms with Crippen LogP contribution in [-0.4, -0.2) is 63.8 Å². The van der Waals surface area contributed by atoms with E-state index in [0.717, 1.165) is 38.0 Å². The zero-order valence-corrected chi connectivity index (χ0v) is 18.9. The summed E-state index contributed by atoms with van der Waals surface area (Å²) in [6.07, 6.45) is 5.05. The molecule has 0 bridgehead atoms. The Bertz CT molecular complexity index is 1090. The monoisotopic (exact) mass is 439 g/mol. The highest BCUT2D eigenvalue weighted by atomic mass is 32.2. The van der Waals surface area contributed by atoms with Crippen molar-refractivity contribution in [2.24, 2.45) is 0 Å². The average molecular weight is 440 g/mol. The fraction of sp³-hybridized carbons (Fsp3) is 0.375. The van der Waals surface area contributed by atoms with Crippen LogP contribution in [0, 0.1) is 0 Å². The summed E-state index contributed by atoms with van der Waals surface area (Å²) in [4.78, 5) is 17.7. The third-order valence-corrected chi connectivity index (χ3v) is 7.88. The van der Waals surface area contributed by atoms with Gasteiger partial charge >= 0.3 is 0 Å². The molecule has 1 fully saturated rings. The number of anilines is 1. The molecule has 4 rings (SSSR count). The van der Waals surface area contributed by atoms with E-state index in [2.05, 4.69) is 23.1 Å². The zero-order chi connectivity index (χ0) is 22.0. The van der Waals surface area contributed by atoms with Gasteiger partial charge in [-0.2, -0.15) is 0 Å². The van der Waals surface area contributed by atoms with Crippen LogP contribution >= 0.6 is 0 Å². The van der Waals surface area contributed by atoms with Crippen LogP contribution in [0.1, 0.15) is 35.2 Å². The molecule has 31 heavy (non-hydrogen) atoms. The quantitative estimate of drug-likeness (QED) is 0.716. The molecule has 0 aromatic heterocycles. The number of carbonyl (C=O) groups is 1. The first-order chi connectivity index (χ1) is 14.9. The van der Waals surface area contributed by atoms with Crippen molar-refractivity contribution in [3.05, 3.63) is 65.7 Å². The Balaban J connectivity index is 1.65. The van der Waals surface area contributed by atoms with Crippen LogP contribution in [0.4, 0.5) is 5.69 Å². The zero-order valence-electron chi connectivity index (χ0n) is 18.1. The SMILES string of the molecule is CN(C)S(=O)(=O)c1ccc(N2CCCC2)c(C(=O)N2CC=C(c3ccccc3)CC2)c1. The van der Waals surface area contributed by atoms with Crippen LogP contribution in [0.3, 0.4) is 0 Å². The number of nitrogens with zero attached hydrogens (tertiary/aromatic N) is 3. The molecule has 2 aromatic carbocycles. The van der Waals surface area contributed by atoms with Crippen LogP contribution in [0.5, 0.6) is 0 Å². The van der Waals surface area contributed by atoms with Gasteiger partial charge in [0.1, 0.15) is 0 Å². The first-order valence-electron chi connectivity index (χ1n) is 10.7. The van der Waals surface area contributed by atoms with Crippen molar-refractivity contribution in [2.75, 3.05) is 45.2 Å². The van der Waals surface area contributed by atoms with Gasteiger partial charge in [-0.1, -0.05) is 36.4 Å². The Morgan fingerprint density at radius 2 is 1.68 bits per heavy atom. The van der Waals surface area contributed by atoms with Crippen LogP contribution < -0.4 is 4.90 Å². The summed E-state index contributed by atoms with van der Waals surface area (Å²) >= 11 is 0. The maximum absolute atomic E-state index is 13.5. The molecule has 0 unspecified atom stereocenters. The lowest BCUT2D eigenvalue weighted by Crippen LogP contribution is -2.36. The standard InChI is InChI=1S/C24H29N3O3S/c1-25(2)31(29,30)21-10-11-23(26-14-6-7-15-26)22(18-21)24(28)27-16-12-20(13-17-27)19-8-4-3-5-9-19/h3-5,8-12,18H,6-7,13-17H2,1-2H3. The predicted molar refractivity (Wildman–Crippen MR) is 124 cm³/mol. The summed E-state index contributed by atoms with van der Waals surface area (Å²) < 4.78 is 26.6. The van der Waals surface area contributed by atoms with Crippen molar-refractivity contribution < 1.29 is 13.2 Å². The van der Waals surface area contributed by atoms with Gasteiger partial charge in [-0.05, 0) is 48.6 Å². The lowest BCUT2D eigenvalue weighted by molar-refractivity contribution is 0.0773. The predicted octanol–water partition coefficient (Wildman–Crippen LogP) is 3.47. The molecule has 0 N–H and O–H groups in total. The molecule has 1 saturated heterocycles. The number of benzene rings is 2. The smallest absolute Gasteiger partial charge is 0.256 e. The van der Waals surface area contributed by atoms with E-state index in [0.29, 0.717) is 18.7 Å².